The maximum atomic E-state index is 13.7. The normalized spacial score (nSPS) is 10.8. The van der Waals surface area contributed by atoms with Gasteiger partial charge in [-0.05, 0) is 36.4 Å². The summed E-state index contributed by atoms with van der Waals surface area (Å²) in [6.45, 7) is 0. The van der Waals surface area contributed by atoms with Crippen LogP contribution in [0, 0.1) is 17.1 Å². The smallest absolute Gasteiger partial charge is 0.262 e. The second kappa shape index (κ2) is 5.49. The van der Waals surface area contributed by atoms with Gasteiger partial charge in [-0.1, -0.05) is 17.7 Å². The van der Waals surface area contributed by atoms with Crippen LogP contribution in [-0.4, -0.2) is 8.42 Å². The summed E-state index contributed by atoms with van der Waals surface area (Å²) in [5.41, 5.74) is -0.128. The molecule has 4 nitrogen and oxygen atoms in total. The van der Waals surface area contributed by atoms with Crippen molar-refractivity contribution in [3.63, 3.8) is 0 Å². The Morgan fingerprint density at radius 3 is 2.55 bits per heavy atom. The van der Waals surface area contributed by atoms with Gasteiger partial charge in [0.25, 0.3) is 10.0 Å². The summed E-state index contributed by atoms with van der Waals surface area (Å²) in [6.07, 6.45) is 0. The molecule has 0 aliphatic heterocycles. The molecule has 0 aliphatic rings. The first-order valence-electron chi connectivity index (χ1n) is 5.40. The van der Waals surface area contributed by atoms with Crippen LogP contribution in [0.4, 0.5) is 10.1 Å². The van der Waals surface area contributed by atoms with E-state index in [0.29, 0.717) is 0 Å². The fourth-order valence-electron chi connectivity index (χ4n) is 1.51. The van der Waals surface area contributed by atoms with Crippen LogP contribution in [0.15, 0.2) is 47.4 Å². The number of nitrogens with zero attached hydrogens (tertiary/aromatic N) is 1. The lowest BCUT2D eigenvalue weighted by molar-refractivity contribution is 0.598. The number of nitrogens with one attached hydrogen (secondary N) is 1. The summed E-state index contributed by atoms with van der Waals surface area (Å²) in [5, 5.41) is 8.88. The average Bonchev–Trinajstić information content (AvgIpc) is 2.41. The van der Waals surface area contributed by atoms with Crippen molar-refractivity contribution in [3.8, 4) is 6.07 Å². The Kier molecular flexibility index (Phi) is 3.93. The number of sulfonamides is 1. The van der Waals surface area contributed by atoms with Crippen LogP contribution >= 0.6 is 11.6 Å². The van der Waals surface area contributed by atoms with E-state index in [4.69, 9.17) is 16.9 Å². The third kappa shape index (κ3) is 3.07. The van der Waals surface area contributed by atoms with E-state index in [9.17, 15) is 12.8 Å². The van der Waals surface area contributed by atoms with E-state index in [-0.39, 0.29) is 21.2 Å². The van der Waals surface area contributed by atoms with Crippen molar-refractivity contribution in [2.75, 3.05) is 4.72 Å². The van der Waals surface area contributed by atoms with Crippen LogP contribution in [0.25, 0.3) is 0 Å². The first kappa shape index (κ1) is 14.3. The van der Waals surface area contributed by atoms with Crippen LogP contribution in [0.5, 0.6) is 0 Å². The quantitative estimate of drug-likeness (QED) is 0.946. The van der Waals surface area contributed by atoms with Gasteiger partial charge in [-0.15, -0.1) is 0 Å². The van der Waals surface area contributed by atoms with Gasteiger partial charge in [0.15, 0.2) is 0 Å². The van der Waals surface area contributed by atoms with Crippen molar-refractivity contribution in [1.82, 2.24) is 0 Å². The molecule has 0 bridgehead atoms. The minimum Gasteiger partial charge on any atom is -0.277 e. The van der Waals surface area contributed by atoms with Gasteiger partial charge in [0.2, 0.25) is 0 Å². The van der Waals surface area contributed by atoms with Crippen molar-refractivity contribution >= 4 is 27.3 Å². The van der Waals surface area contributed by atoms with Gasteiger partial charge < -0.3 is 0 Å². The molecule has 0 spiro atoms. The first-order chi connectivity index (χ1) is 9.42. The largest absolute Gasteiger partial charge is 0.277 e. The predicted octanol–water partition coefficient (Wildman–Crippen LogP) is 3.15. The van der Waals surface area contributed by atoms with E-state index in [1.165, 1.54) is 36.4 Å². The Bertz CT molecular complexity index is 800. The molecule has 0 saturated heterocycles. The summed E-state index contributed by atoms with van der Waals surface area (Å²) in [6, 6.07) is 10.8. The van der Waals surface area contributed by atoms with Gasteiger partial charge in [0.05, 0.1) is 22.2 Å². The van der Waals surface area contributed by atoms with Crippen molar-refractivity contribution in [1.29, 1.82) is 5.26 Å². The molecule has 0 amide bonds. The third-order valence-corrected chi connectivity index (χ3v) is 4.05. The van der Waals surface area contributed by atoms with Crippen LogP contribution in [0.2, 0.25) is 5.02 Å². The molecule has 0 radical (unpaired) electrons. The van der Waals surface area contributed by atoms with Gasteiger partial charge in [0.1, 0.15) is 5.82 Å². The van der Waals surface area contributed by atoms with E-state index >= 15 is 0 Å². The molecule has 0 unspecified atom stereocenters. The minimum atomic E-state index is -3.94. The van der Waals surface area contributed by atoms with Gasteiger partial charge in [-0.3, -0.25) is 4.72 Å². The molecule has 0 aliphatic carbocycles. The van der Waals surface area contributed by atoms with E-state index in [2.05, 4.69) is 4.72 Å². The maximum Gasteiger partial charge on any atom is 0.262 e. The lowest BCUT2D eigenvalue weighted by Gasteiger charge is -2.09. The summed E-state index contributed by atoms with van der Waals surface area (Å²) in [5.74, 6) is -0.824. The van der Waals surface area contributed by atoms with Crippen LogP contribution in [0.1, 0.15) is 5.56 Å². The zero-order valence-electron chi connectivity index (χ0n) is 9.97. The highest BCUT2D eigenvalue weighted by Crippen LogP contribution is 2.21. The molecule has 2 aromatic carbocycles. The molecular weight excluding hydrogens is 303 g/mol. The lowest BCUT2D eigenvalue weighted by Crippen LogP contribution is -2.14. The third-order valence-electron chi connectivity index (χ3n) is 2.45. The molecule has 0 atom stereocenters. The van der Waals surface area contributed by atoms with Crippen LogP contribution < -0.4 is 4.72 Å². The van der Waals surface area contributed by atoms with E-state index in [1.54, 1.807) is 6.07 Å². The van der Waals surface area contributed by atoms with Gasteiger partial charge >= 0.3 is 0 Å². The SMILES string of the molecule is N#Cc1ccc(NS(=O)(=O)c2cccc(Cl)c2)c(F)c1. The molecule has 0 saturated carbocycles. The Balaban J connectivity index is 2.36. The monoisotopic (exact) mass is 310 g/mol. The number of halogens is 2. The fraction of sp³-hybridized carbons (Fsp3) is 0. The summed E-state index contributed by atoms with van der Waals surface area (Å²) in [7, 11) is -3.94. The molecule has 20 heavy (non-hydrogen) atoms. The lowest BCUT2D eigenvalue weighted by atomic mass is 10.2. The number of rotatable bonds is 3. The Morgan fingerprint density at radius 2 is 1.95 bits per heavy atom. The average molecular weight is 311 g/mol. The second-order valence-corrected chi connectivity index (χ2v) is 5.99. The van der Waals surface area contributed by atoms with E-state index in [0.717, 1.165) is 6.07 Å². The van der Waals surface area contributed by atoms with Gasteiger partial charge in [-0.25, -0.2) is 12.8 Å². The summed E-state index contributed by atoms with van der Waals surface area (Å²) >= 11 is 5.72. The number of anilines is 1. The molecule has 1 N–H and O–H groups in total. The maximum absolute atomic E-state index is 13.7. The Hall–Kier alpha value is -2.10. The molecule has 7 heteroatoms. The van der Waals surface area contributed by atoms with Crippen molar-refractivity contribution in [2.45, 2.75) is 4.90 Å². The number of benzene rings is 2. The molecule has 0 aromatic heterocycles. The zero-order valence-corrected chi connectivity index (χ0v) is 11.5. The standard InChI is InChI=1S/C13H8ClFN2O2S/c14-10-2-1-3-11(7-10)20(18,19)17-13-5-4-9(8-16)6-12(13)15/h1-7,17H. The van der Waals surface area contributed by atoms with E-state index < -0.39 is 15.8 Å². The minimum absolute atomic E-state index is 0.0752. The molecule has 2 rings (SSSR count). The highest BCUT2D eigenvalue weighted by molar-refractivity contribution is 7.92. The Morgan fingerprint density at radius 1 is 1.20 bits per heavy atom. The summed E-state index contributed by atoms with van der Waals surface area (Å²) < 4.78 is 39.9. The summed E-state index contributed by atoms with van der Waals surface area (Å²) in [4.78, 5) is -0.0752. The fourth-order valence-corrected chi connectivity index (χ4v) is 2.87. The zero-order chi connectivity index (χ0) is 14.8. The van der Waals surface area contributed by atoms with Crippen LogP contribution in [-0.2, 0) is 10.0 Å². The van der Waals surface area contributed by atoms with Crippen molar-refractivity contribution < 1.29 is 12.8 Å². The van der Waals surface area contributed by atoms with Crippen molar-refractivity contribution in [2.24, 2.45) is 0 Å². The highest BCUT2D eigenvalue weighted by Gasteiger charge is 2.16. The number of hydrogen-bond acceptors (Lipinski definition) is 3. The van der Waals surface area contributed by atoms with Crippen molar-refractivity contribution in [3.05, 3.63) is 58.9 Å². The first-order valence-corrected chi connectivity index (χ1v) is 7.26. The van der Waals surface area contributed by atoms with Gasteiger partial charge in [-0.2, -0.15) is 5.26 Å². The molecular formula is C13H8ClFN2O2S. The molecule has 0 heterocycles. The van der Waals surface area contributed by atoms with E-state index in [1.807, 2.05) is 0 Å². The molecule has 0 fully saturated rings. The predicted molar refractivity (Wildman–Crippen MR) is 73.4 cm³/mol. The number of hydrogen-bond donors (Lipinski definition) is 1. The topological polar surface area (TPSA) is 70.0 Å². The highest BCUT2D eigenvalue weighted by atomic mass is 35.5. The van der Waals surface area contributed by atoms with Gasteiger partial charge in [0, 0.05) is 5.02 Å². The molecule has 102 valence electrons. The Labute approximate surface area is 120 Å². The molecule has 2 aromatic rings. The number of nitriles is 1. The second-order valence-electron chi connectivity index (χ2n) is 3.87. The van der Waals surface area contributed by atoms with Crippen LogP contribution in [0.3, 0.4) is 0 Å².